The van der Waals surface area contributed by atoms with Gasteiger partial charge in [-0.2, -0.15) is 0 Å². The van der Waals surface area contributed by atoms with E-state index in [4.69, 9.17) is 18.9 Å². The summed E-state index contributed by atoms with van der Waals surface area (Å²) in [6.45, 7) is 17.0. The van der Waals surface area contributed by atoms with Crippen LogP contribution in [0.25, 0.3) is 11.1 Å². The molecule has 0 aliphatic heterocycles. The molecular formula is C76H66O8. The van der Waals surface area contributed by atoms with Crippen molar-refractivity contribution < 1.29 is 38.1 Å². The van der Waals surface area contributed by atoms with Gasteiger partial charge in [0.2, 0.25) is 0 Å². The van der Waals surface area contributed by atoms with Crippen LogP contribution in [0.5, 0.6) is 23.0 Å². The Bertz CT molecular complexity index is 3440. The quantitative estimate of drug-likeness (QED) is 0.0656. The first kappa shape index (κ1) is 57.3. The summed E-state index contributed by atoms with van der Waals surface area (Å²) in [7, 11) is 0. The van der Waals surface area contributed by atoms with Gasteiger partial charge in [0.15, 0.2) is 0 Å². The molecule has 0 radical (unpaired) electrons. The Kier molecular flexibility index (Phi) is 16.3. The van der Waals surface area contributed by atoms with E-state index in [2.05, 4.69) is 104 Å². The molecule has 0 aliphatic rings. The zero-order chi connectivity index (χ0) is 59.2. The lowest BCUT2D eigenvalue weighted by Crippen LogP contribution is -2.19. The van der Waals surface area contributed by atoms with E-state index in [0.29, 0.717) is 11.1 Å². The molecule has 0 amide bonds. The third kappa shape index (κ3) is 12.6. The largest absolute Gasteiger partial charge is 0.423 e. The summed E-state index contributed by atoms with van der Waals surface area (Å²) in [6, 6.07) is 78.9. The Balaban J connectivity index is 1.00. The molecule has 0 aromatic heterocycles. The number of rotatable bonds is 17. The maximum Gasteiger partial charge on any atom is 0.343 e. The van der Waals surface area contributed by atoms with Crippen LogP contribution in [0.15, 0.2) is 255 Å². The molecule has 0 heterocycles. The van der Waals surface area contributed by atoms with E-state index in [-0.39, 0.29) is 66.9 Å². The number of carbonyl (C=O) groups is 4. The number of hydrogen-bond donors (Lipinski definition) is 0. The third-order valence-corrected chi connectivity index (χ3v) is 16.3. The summed E-state index contributed by atoms with van der Waals surface area (Å²) in [4.78, 5) is 57.8. The first-order chi connectivity index (χ1) is 40.2. The second-order valence-corrected chi connectivity index (χ2v) is 23.2. The fraction of sp³-hybridized carbons (Fsp3) is 0.158. The van der Waals surface area contributed by atoms with Crippen molar-refractivity contribution in [3.63, 3.8) is 0 Å². The van der Waals surface area contributed by atoms with Crippen molar-refractivity contribution in [2.45, 2.75) is 77.0 Å². The van der Waals surface area contributed by atoms with Gasteiger partial charge in [-0.25, -0.2) is 19.2 Å². The molecule has 0 bridgehead atoms. The van der Waals surface area contributed by atoms with E-state index < -0.39 is 23.9 Å². The molecule has 10 rings (SSSR count). The van der Waals surface area contributed by atoms with Crippen molar-refractivity contribution >= 4 is 23.9 Å². The van der Waals surface area contributed by atoms with Gasteiger partial charge in [-0.15, -0.1) is 0 Å². The predicted molar refractivity (Wildman–Crippen MR) is 332 cm³/mol. The molecule has 0 N–H and O–H groups in total. The lowest BCUT2D eigenvalue weighted by atomic mass is 9.78. The van der Waals surface area contributed by atoms with E-state index in [0.717, 1.165) is 44.5 Å². The number of hydrogen-bond acceptors (Lipinski definition) is 8. The second-order valence-electron chi connectivity index (χ2n) is 23.2. The molecular weight excluding hydrogens is 1040 g/mol. The Morgan fingerprint density at radius 3 is 0.571 bits per heavy atom. The van der Waals surface area contributed by atoms with E-state index in [1.165, 1.54) is 12.1 Å². The van der Waals surface area contributed by atoms with Gasteiger partial charge in [0.05, 0.1) is 22.3 Å². The van der Waals surface area contributed by atoms with Crippen LogP contribution in [0.1, 0.15) is 141 Å². The van der Waals surface area contributed by atoms with Gasteiger partial charge in [-0.05, 0) is 141 Å². The number of ether oxygens (including phenoxy) is 4. The van der Waals surface area contributed by atoms with Gasteiger partial charge in [0.25, 0.3) is 0 Å². The van der Waals surface area contributed by atoms with Gasteiger partial charge in [0, 0.05) is 21.7 Å². The molecule has 0 atom stereocenters. The number of benzene rings is 10. The average molecular weight is 1110 g/mol. The highest BCUT2D eigenvalue weighted by Crippen LogP contribution is 2.37. The maximum atomic E-state index is 14.4. The summed E-state index contributed by atoms with van der Waals surface area (Å²) in [5.74, 6) is -1.93. The van der Waals surface area contributed by atoms with Crippen LogP contribution in [0.2, 0.25) is 0 Å². The molecule has 8 nitrogen and oxygen atoms in total. The van der Waals surface area contributed by atoms with Crippen LogP contribution in [0.4, 0.5) is 0 Å². The molecule has 418 valence electrons. The molecule has 84 heavy (non-hydrogen) atoms. The number of carbonyl (C=O) groups excluding carboxylic acids is 4. The molecule has 0 saturated carbocycles. The monoisotopic (exact) mass is 1110 g/mol. The van der Waals surface area contributed by atoms with Crippen LogP contribution in [-0.2, 0) is 21.7 Å². The fourth-order valence-corrected chi connectivity index (χ4v) is 10.6. The summed E-state index contributed by atoms with van der Waals surface area (Å²) in [5.41, 5.74) is 7.78. The zero-order valence-electron chi connectivity index (χ0n) is 48.5. The maximum absolute atomic E-state index is 14.4. The highest BCUT2D eigenvalue weighted by atomic mass is 16.5. The first-order valence-electron chi connectivity index (χ1n) is 28.1. The average Bonchev–Trinajstić information content (AvgIpc) is 3.72. The summed E-state index contributed by atoms with van der Waals surface area (Å²) in [5, 5.41) is 0. The summed E-state index contributed by atoms with van der Waals surface area (Å²) < 4.78 is 24.1. The van der Waals surface area contributed by atoms with Crippen molar-refractivity contribution in [1.82, 2.24) is 0 Å². The van der Waals surface area contributed by atoms with Crippen LogP contribution < -0.4 is 18.9 Å². The smallest absolute Gasteiger partial charge is 0.343 e. The van der Waals surface area contributed by atoms with Gasteiger partial charge in [-0.3, -0.25) is 0 Å². The zero-order valence-corrected chi connectivity index (χ0v) is 48.5. The number of esters is 4. The Hall–Kier alpha value is -9.92. The van der Waals surface area contributed by atoms with Gasteiger partial charge < -0.3 is 18.9 Å². The molecule has 10 aromatic rings. The van der Waals surface area contributed by atoms with Crippen molar-refractivity contribution in [2.75, 3.05) is 0 Å². The van der Waals surface area contributed by atoms with Crippen molar-refractivity contribution in [1.29, 1.82) is 0 Å². The minimum absolute atomic E-state index is 0.00207. The van der Waals surface area contributed by atoms with Gasteiger partial charge >= 0.3 is 23.9 Å². The van der Waals surface area contributed by atoms with E-state index >= 15 is 0 Å². The van der Waals surface area contributed by atoms with Crippen LogP contribution in [0, 0.1) is 0 Å². The molecule has 0 aliphatic carbocycles. The van der Waals surface area contributed by atoms with Crippen LogP contribution >= 0.6 is 0 Å². The molecule has 0 saturated heterocycles. The minimum Gasteiger partial charge on any atom is -0.423 e. The molecule has 0 unspecified atom stereocenters. The Morgan fingerprint density at radius 1 is 0.226 bits per heavy atom. The van der Waals surface area contributed by atoms with E-state index in [9.17, 15) is 19.2 Å². The van der Waals surface area contributed by atoms with Gasteiger partial charge in [-0.1, -0.05) is 225 Å². The molecule has 0 spiro atoms. The lowest BCUT2D eigenvalue weighted by molar-refractivity contribution is 0.0715. The van der Waals surface area contributed by atoms with Crippen molar-refractivity contribution in [2.24, 2.45) is 0 Å². The predicted octanol–water partition coefficient (Wildman–Crippen LogP) is 17.5. The normalized spacial score (nSPS) is 11.8. The summed E-state index contributed by atoms with van der Waals surface area (Å²) in [6.07, 6.45) is 0. The first-order valence-corrected chi connectivity index (χ1v) is 28.1. The van der Waals surface area contributed by atoms with E-state index in [1.807, 2.05) is 121 Å². The third-order valence-electron chi connectivity index (χ3n) is 16.3. The van der Waals surface area contributed by atoms with Crippen LogP contribution in [-0.4, -0.2) is 23.9 Å². The van der Waals surface area contributed by atoms with Crippen LogP contribution in [0.3, 0.4) is 0 Å². The highest BCUT2D eigenvalue weighted by molar-refractivity contribution is 6.02. The highest BCUT2D eigenvalue weighted by Gasteiger charge is 2.28. The lowest BCUT2D eigenvalue weighted by Gasteiger charge is -2.26. The molecule has 8 heteroatoms. The van der Waals surface area contributed by atoms with Crippen molar-refractivity contribution in [3.05, 3.63) is 322 Å². The Morgan fingerprint density at radius 2 is 0.393 bits per heavy atom. The second kappa shape index (κ2) is 23.9. The Labute approximate surface area is 492 Å². The van der Waals surface area contributed by atoms with Gasteiger partial charge in [0.1, 0.15) is 23.0 Å². The standard InChI is InChI=1S/C76H66O8/c1-73(2,57-21-13-9-14-22-57)61-29-37-65(38-30-61)81-69(77)53-45-51(46-54(49-53)70(78)82-66-39-31-62(32-40-66)74(3,4)58-23-15-10-16-24-58)52-47-55(71(79)83-67-41-33-63(34-42-67)75(5,6)59-25-17-11-18-26-59)50-56(48-52)72(80)84-68-43-35-64(36-44-68)76(7,8)60-27-19-12-20-28-60/h9-50H,1-8H3. The summed E-state index contributed by atoms with van der Waals surface area (Å²) >= 11 is 0. The van der Waals surface area contributed by atoms with E-state index in [1.54, 1.807) is 72.8 Å². The topological polar surface area (TPSA) is 105 Å². The molecule has 10 aromatic carbocycles. The molecule has 0 fully saturated rings. The van der Waals surface area contributed by atoms with Crippen molar-refractivity contribution in [3.8, 4) is 34.1 Å². The fourth-order valence-electron chi connectivity index (χ4n) is 10.6. The minimum atomic E-state index is -0.763. The SMILES string of the molecule is CC(C)(c1ccccc1)c1ccc(OC(=O)c2cc(C(=O)Oc3ccc(C(C)(C)c4ccccc4)cc3)cc(-c3cc(C(=O)Oc4ccc(C(C)(C)c5ccccc5)cc4)cc(C(=O)Oc4ccc(C(C)(C)c5ccccc5)cc4)c3)c2)cc1.